The maximum absolute atomic E-state index is 13.5. The lowest BCUT2D eigenvalue weighted by Crippen LogP contribution is -2.35. The summed E-state index contributed by atoms with van der Waals surface area (Å²) >= 11 is 1.41. The number of carboxylic acid groups (broad SMARTS) is 1. The van der Waals surface area contributed by atoms with Gasteiger partial charge in [-0.2, -0.15) is 0 Å². The number of rotatable bonds is 7. The summed E-state index contributed by atoms with van der Waals surface area (Å²) in [4.78, 5) is 13.8. The number of ether oxygens (including phenoxy) is 1. The van der Waals surface area contributed by atoms with Crippen LogP contribution in [0.2, 0.25) is 0 Å². The molecule has 3 rings (SSSR count). The Bertz CT molecular complexity index is 1080. The zero-order valence-electron chi connectivity index (χ0n) is 17.9. The number of hydrogen-bond acceptors (Lipinski definition) is 6. The fraction of sp³-hybridized carbons (Fsp3) is 0.348. The molecule has 0 fully saturated rings. The van der Waals surface area contributed by atoms with Gasteiger partial charge in [-0.3, -0.25) is 0 Å². The van der Waals surface area contributed by atoms with E-state index in [2.05, 4.69) is 11.8 Å². The van der Waals surface area contributed by atoms with E-state index < -0.39 is 21.2 Å². The maximum atomic E-state index is 13.5. The number of benzene rings is 2. The summed E-state index contributed by atoms with van der Waals surface area (Å²) in [6, 6.07) is 13.1. The number of aliphatic carboxylic acids is 1. The normalized spacial score (nSPS) is 20.3. The van der Waals surface area contributed by atoms with E-state index in [1.54, 1.807) is 0 Å². The molecule has 0 amide bonds. The number of carbonyl (C=O) groups is 1. The topological polar surface area (TPSA) is 83.9 Å². The first-order valence-corrected chi connectivity index (χ1v) is 12.9. The van der Waals surface area contributed by atoms with Gasteiger partial charge in [0.25, 0.3) is 0 Å². The van der Waals surface area contributed by atoms with E-state index >= 15 is 0 Å². The fourth-order valence-electron chi connectivity index (χ4n) is 4.05. The van der Waals surface area contributed by atoms with Crippen LogP contribution in [0.5, 0.6) is 5.75 Å². The molecule has 166 valence electrons. The molecule has 6 nitrogen and oxygen atoms in total. The van der Waals surface area contributed by atoms with Crippen molar-refractivity contribution in [3.63, 3.8) is 0 Å². The molecular weight excluding hydrogens is 434 g/mol. The van der Waals surface area contributed by atoms with E-state index in [4.69, 9.17) is 9.84 Å². The molecule has 1 unspecified atom stereocenters. The Labute approximate surface area is 187 Å². The third kappa shape index (κ3) is 5.25. The SMILES string of the molecule is CCCC1(C)CN(c2ccccc2)c2cc(SC)c(O/C=C/C(=O)O)cc2S(=O)(=O)C1. The van der Waals surface area contributed by atoms with E-state index in [1.165, 1.54) is 17.8 Å². The molecule has 0 saturated carbocycles. The Balaban J connectivity index is 2.22. The van der Waals surface area contributed by atoms with Crippen LogP contribution in [-0.4, -0.2) is 38.0 Å². The van der Waals surface area contributed by atoms with E-state index in [9.17, 15) is 13.2 Å². The van der Waals surface area contributed by atoms with Crippen LogP contribution in [0.15, 0.2) is 64.6 Å². The third-order valence-corrected chi connectivity index (χ3v) is 8.11. The summed E-state index contributed by atoms with van der Waals surface area (Å²) in [5.74, 6) is -0.786. The van der Waals surface area contributed by atoms with Crippen molar-refractivity contribution >= 4 is 38.9 Å². The Morgan fingerprint density at radius 3 is 2.61 bits per heavy atom. The molecule has 1 aliphatic rings. The first kappa shape index (κ1) is 23.2. The van der Waals surface area contributed by atoms with Crippen molar-refractivity contribution in [1.29, 1.82) is 0 Å². The zero-order valence-corrected chi connectivity index (χ0v) is 19.5. The molecule has 1 atom stereocenters. The van der Waals surface area contributed by atoms with E-state index in [1.807, 2.05) is 49.6 Å². The van der Waals surface area contributed by atoms with Crippen LogP contribution in [-0.2, 0) is 14.6 Å². The Kier molecular flexibility index (Phi) is 7.01. The molecule has 2 aromatic rings. The van der Waals surface area contributed by atoms with E-state index in [0.29, 0.717) is 18.0 Å². The van der Waals surface area contributed by atoms with Crippen LogP contribution < -0.4 is 9.64 Å². The van der Waals surface area contributed by atoms with Crippen molar-refractivity contribution in [2.24, 2.45) is 5.41 Å². The largest absolute Gasteiger partial charge is 0.478 e. The standard InChI is InChI=1S/C23H27NO5S2/c1-4-11-23(2)15-24(17-8-6-5-7-9-17)18-13-20(30-3)19(29-12-10-22(25)26)14-21(18)31(27,28)16-23/h5-10,12-14H,4,11,15-16H2,1-3H3,(H,25,26)/b12-10+. The van der Waals surface area contributed by atoms with Crippen molar-refractivity contribution in [3.05, 3.63) is 54.8 Å². The summed E-state index contributed by atoms with van der Waals surface area (Å²) in [6.07, 6.45) is 5.47. The minimum atomic E-state index is -3.61. The predicted octanol–water partition coefficient (Wildman–Crippen LogP) is 5.12. The van der Waals surface area contributed by atoms with Crippen molar-refractivity contribution in [3.8, 4) is 5.75 Å². The van der Waals surface area contributed by atoms with E-state index in [-0.39, 0.29) is 10.6 Å². The smallest absolute Gasteiger partial charge is 0.331 e. The Hall–Kier alpha value is -2.45. The van der Waals surface area contributed by atoms with Gasteiger partial charge < -0.3 is 14.7 Å². The highest BCUT2D eigenvalue weighted by Crippen LogP contribution is 2.45. The second kappa shape index (κ2) is 9.36. The Morgan fingerprint density at radius 1 is 1.29 bits per heavy atom. The number of para-hydroxylation sites is 1. The molecule has 1 heterocycles. The van der Waals surface area contributed by atoms with Gasteiger partial charge in [-0.1, -0.05) is 38.5 Å². The monoisotopic (exact) mass is 461 g/mol. The van der Waals surface area contributed by atoms with Gasteiger partial charge in [0, 0.05) is 18.3 Å². The molecule has 1 aliphatic heterocycles. The van der Waals surface area contributed by atoms with Gasteiger partial charge in [-0.15, -0.1) is 11.8 Å². The van der Waals surface area contributed by atoms with Crippen molar-refractivity contribution in [2.45, 2.75) is 36.5 Å². The highest BCUT2D eigenvalue weighted by Gasteiger charge is 2.39. The van der Waals surface area contributed by atoms with Crippen LogP contribution in [0.25, 0.3) is 0 Å². The highest BCUT2D eigenvalue weighted by molar-refractivity contribution is 7.98. The molecule has 1 N–H and O–H groups in total. The van der Waals surface area contributed by atoms with Crippen molar-refractivity contribution in [2.75, 3.05) is 23.5 Å². The summed E-state index contributed by atoms with van der Waals surface area (Å²) in [7, 11) is -3.61. The molecular formula is C23H27NO5S2. The number of thioether (sulfide) groups is 1. The second-order valence-electron chi connectivity index (χ2n) is 7.97. The average molecular weight is 462 g/mol. The van der Waals surface area contributed by atoms with Gasteiger partial charge in [-0.25, -0.2) is 13.2 Å². The van der Waals surface area contributed by atoms with Crippen molar-refractivity contribution < 1.29 is 23.1 Å². The quantitative estimate of drug-likeness (QED) is 0.348. The summed E-state index contributed by atoms with van der Waals surface area (Å²) in [5, 5.41) is 8.82. The summed E-state index contributed by atoms with van der Waals surface area (Å²) in [6.45, 7) is 4.66. The molecule has 0 aromatic heterocycles. The number of fused-ring (bicyclic) bond motifs is 1. The van der Waals surface area contributed by atoms with Gasteiger partial charge in [0.2, 0.25) is 0 Å². The van der Waals surface area contributed by atoms with Gasteiger partial charge in [0.05, 0.1) is 33.6 Å². The van der Waals surface area contributed by atoms with Crippen LogP contribution in [0, 0.1) is 5.41 Å². The van der Waals surface area contributed by atoms with Gasteiger partial charge in [-0.05, 0) is 36.3 Å². The van der Waals surface area contributed by atoms with Crippen LogP contribution in [0.4, 0.5) is 11.4 Å². The van der Waals surface area contributed by atoms with Gasteiger partial charge >= 0.3 is 5.97 Å². The highest BCUT2D eigenvalue weighted by atomic mass is 32.2. The Morgan fingerprint density at radius 2 is 2.00 bits per heavy atom. The number of nitrogens with zero attached hydrogens (tertiary/aromatic N) is 1. The van der Waals surface area contributed by atoms with Gasteiger partial charge in [0.15, 0.2) is 9.84 Å². The number of carboxylic acids is 1. The van der Waals surface area contributed by atoms with Crippen LogP contribution in [0.3, 0.4) is 0 Å². The van der Waals surface area contributed by atoms with Crippen molar-refractivity contribution in [1.82, 2.24) is 0 Å². The molecule has 8 heteroatoms. The minimum absolute atomic E-state index is 0.0349. The van der Waals surface area contributed by atoms with Crippen LogP contribution in [0.1, 0.15) is 26.7 Å². The zero-order chi connectivity index (χ0) is 22.6. The summed E-state index contributed by atoms with van der Waals surface area (Å²) in [5.41, 5.74) is 1.12. The molecule has 0 radical (unpaired) electrons. The molecule has 0 saturated heterocycles. The maximum Gasteiger partial charge on any atom is 0.331 e. The lowest BCUT2D eigenvalue weighted by molar-refractivity contribution is -0.131. The number of anilines is 2. The first-order valence-electron chi connectivity index (χ1n) is 10.0. The minimum Gasteiger partial charge on any atom is -0.478 e. The predicted molar refractivity (Wildman–Crippen MR) is 124 cm³/mol. The lowest BCUT2D eigenvalue weighted by Gasteiger charge is -2.34. The first-order chi connectivity index (χ1) is 14.7. The molecule has 0 aliphatic carbocycles. The molecule has 2 aromatic carbocycles. The van der Waals surface area contributed by atoms with Gasteiger partial charge in [0.1, 0.15) is 5.75 Å². The van der Waals surface area contributed by atoms with E-state index in [0.717, 1.165) is 35.8 Å². The third-order valence-electron chi connectivity index (χ3n) is 5.28. The number of sulfone groups is 1. The average Bonchev–Trinajstić information content (AvgIpc) is 2.80. The second-order valence-corrected chi connectivity index (χ2v) is 10.8. The molecule has 0 bridgehead atoms. The number of hydrogen-bond donors (Lipinski definition) is 1. The van der Waals surface area contributed by atoms with Crippen LogP contribution >= 0.6 is 11.8 Å². The molecule has 0 spiro atoms. The summed E-state index contributed by atoms with van der Waals surface area (Å²) < 4.78 is 32.5. The molecule has 31 heavy (non-hydrogen) atoms. The fourth-order valence-corrected chi connectivity index (χ4v) is 6.67. The lowest BCUT2D eigenvalue weighted by atomic mass is 9.87.